The van der Waals surface area contributed by atoms with Gasteiger partial charge in [-0.3, -0.25) is 10.1 Å². The van der Waals surface area contributed by atoms with Crippen molar-refractivity contribution in [2.75, 3.05) is 5.32 Å². The van der Waals surface area contributed by atoms with Gasteiger partial charge in [0, 0.05) is 18.3 Å². The van der Waals surface area contributed by atoms with Crippen molar-refractivity contribution < 1.29 is 4.79 Å². The van der Waals surface area contributed by atoms with E-state index in [1.165, 1.54) is 11.3 Å². The van der Waals surface area contributed by atoms with E-state index in [2.05, 4.69) is 41.3 Å². The minimum atomic E-state index is -0.185. The van der Waals surface area contributed by atoms with Crippen LogP contribution in [0.25, 0.3) is 5.65 Å². The zero-order chi connectivity index (χ0) is 17.3. The largest absolute Gasteiger partial charge is 0.303 e. The van der Waals surface area contributed by atoms with Crippen LogP contribution in [-0.4, -0.2) is 25.5 Å². The van der Waals surface area contributed by atoms with Crippen LogP contribution in [0.5, 0.6) is 0 Å². The molecule has 6 nitrogen and oxygen atoms in total. The van der Waals surface area contributed by atoms with Crippen LogP contribution in [0.3, 0.4) is 0 Å². The molecule has 3 heterocycles. The molecule has 1 N–H and O–H groups in total. The summed E-state index contributed by atoms with van der Waals surface area (Å²) in [6.07, 6.45) is 3.56. The molecular formula is C17H21N5OS. The number of rotatable bonds is 5. The van der Waals surface area contributed by atoms with Crippen LogP contribution in [0, 0.1) is 12.8 Å². The number of pyridine rings is 1. The lowest BCUT2D eigenvalue weighted by Crippen LogP contribution is -2.12. The van der Waals surface area contributed by atoms with E-state index in [-0.39, 0.29) is 5.91 Å². The lowest BCUT2D eigenvalue weighted by molar-refractivity contribution is 0.102. The second kappa shape index (κ2) is 6.68. The quantitative estimate of drug-likeness (QED) is 0.769. The van der Waals surface area contributed by atoms with Crippen molar-refractivity contribution >= 4 is 28.0 Å². The van der Waals surface area contributed by atoms with Crippen molar-refractivity contribution in [2.24, 2.45) is 5.92 Å². The van der Waals surface area contributed by atoms with E-state index in [0.717, 1.165) is 34.9 Å². The third-order valence-electron chi connectivity index (χ3n) is 3.82. The van der Waals surface area contributed by atoms with E-state index in [1.807, 2.05) is 23.6 Å². The topological polar surface area (TPSA) is 72.2 Å². The highest BCUT2D eigenvalue weighted by atomic mass is 32.1. The molecule has 24 heavy (non-hydrogen) atoms. The number of anilines is 1. The summed E-state index contributed by atoms with van der Waals surface area (Å²) in [7, 11) is 0. The Morgan fingerprint density at radius 3 is 2.83 bits per heavy atom. The van der Waals surface area contributed by atoms with Crippen LogP contribution in [-0.2, 0) is 12.8 Å². The molecule has 0 radical (unpaired) electrons. The maximum Gasteiger partial charge on any atom is 0.258 e. The molecule has 0 aliphatic rings. The Kier molecular flexibility index (Phi) is 4.62. The minimum Gasteiger partial charge on any atom is -0.303 e. The molecule has 0 saturated carbocycles. The molecule has 1 amide bonds. The van der Waals surface area contributed by atoms with Gasteiger partial charge in [0.05, 0.1) is 11.3 Å². The van der Waals surface area contributed by atoms with Crippen LogP contribution in [0.15, 0.2) is 18.3 Å². The number of imidazole rings is 1. The Hall–Kier alpha value is -2.28. The number of carbonyl (C=O) groups excluding carboxylic acids is 1. The maximum atomic E-state index is 12.5. The number of nitrogens with one attached hydrogen (secondary N) is 1. The monoisotopic (exact) mass is 343 g/mol. The van der Waals surface area contributed by atoms with E-state index in [1.54, 1.807) is 6.07 Å². The third kappa shape index (κ3) is 3.31. The van der Waals surface area contributed by atoms with Crippen molar-refractivity contribution in [3.05, 3.63) is 40.3 Å². The molecular weight excluding hydrogens is 322 g/mol. The van der Waals surface area contributed by atoms with E-state index in [9.17, 15) is 4.79 Å². The van der Waals surface area contributed by atoms with Crippen molar-refractivity contribution in [1.82, 2.24) is 19.6 Å². The smallest absolute Gasteiger partial charge is 0.258 e. The number of amides is 1. The van der Waals surface area contributed by atoms with E-state index < -0.39 is 0 Å². The Balaban J connectivity index is 1.80. The number of aryl methyl sites for hydroxylation is 2. The highest BCUT2D eigenvalue weighted by Gasteiger charge is 2.13. The van der Waals surface area contributed by atoms with Gasteiger partial charge in [0.2, 0.25) is 5.13 Å². The van der Waals surface area contributed by atoms with E-state index >= 15 is 0 Å². The second-order valence-corrected chi connectivity index (χ2v) is 7.26. The van der Waals surface area contributed by atoms with Crippen LogP contribution < -0.4 is 5.32 Å². The van der Waals surface area contributed by atoms with Gasteiger partial charge in [-0.2, -0.15) is 0 Å². The molecule has 0 unspecified atom stereocenters. The highest BCUT2D eigenvalue weighted by Crippen LogP contribution is 2.20. The molecule has 0 aliphatic heterocycles. The first kappa shape index (κ1) is 16.6. The summed E-state index contributed by atoms with van der Waals surface area (Å²) >= 11 is 1.43. The summed E-state index contributed by atoms with van der Waals surface area (Å²) < 4.78 is 1.96. The number of aromatic nitrogens is 4. The van der Waals surface area contributed by atoms with Gasteiger partial charge in [-0.15, -0.1) is 10.2 Å². The SMILES string of the molecule is CCc1nc2ccc(C(=O)Nc3nnc(CC(C)C)s3)cn2c1C. The minimum absolute atomic E-state index is 0.185. The van der Waals surface area contributed by atoms with Crippen molar-refractivity contribution in [3.63, 3.8) is 0 Å². The highest BCUT2D eigenvalue weighted by molar-refractivity contribution is 7.15. The summed E-state index contributed by atoms with van der Waals surface area (Å²) in [6, 6.07) is 3.65. The first-order chi connectivity index (χ1) is 11.5. The first-order valence-electron chi connectivity index (χ1n) is 8.09. The molecule has 0 fully saturated rings. The molecule has 0 saturated heterocycles. The molecule has 3 aromatic heterocycles. The fraction of sp³-hybridized carbons (Fsp3) is 0.412. The fourth-order valence-corrected chi connectivity index (χ4v) is 3.53. The van der Waals surface area contributed by atoms with Crippen molar-refractivity contribution in [2.45, 2.75) is 40.5 Å². The van der Waals surface area contributed by atoms with Gasteiger partial charge in [-0.1, -0.05) is 32.1 Å². The van der Waals surface area contributed by atoms with Gasteiger partial charge >= 0.3 is 0 Å². The van der Waals surface area contributed by atoms with Gasteiger partial charge < -0.3 is 4.40 Å². The van der Waals surface area contributed by atoms with Crippen LogP contribution in [0.1, 0.15) is 47.5 Å². The summed E-state index contributed by atoms with van der Waals surface area (Å²) in [5.74, 6) is 0.330. The molecule has 126 valence electrons. The van der Waals surface area contributed by atoms with Crippen LogP contribution in [0.4, 0.5) is 5.13 Å². The number of nitrogens with zero attached hydrogens (tertiary/aromatic N) is 4. The van der Waals surface area contributed by atoms with E-state index in [4.69, 9.17) is 0 Å². The Labute approximate surface area is 145 Å². The molecule has 3 rings (SSSR count). The summed E-state index contributed by atoms with van der Waals surface area (Å²) in [5, 5.41) is 12.5. The van der Waals surface area contributed by atoms with Gasteiger partial charge in [0.15, 0.2) is 0 Å². The van der Waals surface area contributed by atoms with Crippen LogP contribution >= 0.6 is 11.3 Å². The molecule has 3 aromatic rings. The van der Waals surface area contributed by atoms with Crippen LogP contribution in [0.2, 0.25) is 0 Å². The standard InChI is InChI=1S/C17H21N5OS/c1-5-13-11(4)22-9-12(6-7-14(22)18-13)16(23)19-17-21-20-15(24-17)8-10(2)3/h6-7,9-10H,5,8H2,1-4H3,(H,19,21,23). The van der Waals surface area contributed by atoms with Gasteiger partial charge in [-0.25, -0.2) is 4.98 Å². The number of hydrogen-bond acceptors (Lipinski definition) is 5. The summed E-state index contributed by atoms with van der Waals surface area (Å²) in [6.45, 7) is 8.36. The molecule has 0 spiro atoms. The molecule has 7 heteroatoms. The predicted molar refractivity (Wildman–Crippen MR) is 95.7 cm³/mol. The number of hydrogen-bond donors (Lipinski definition) is 1. The second-order valence-electron chi connectivity index (χ2n) is 6.20. The molecule has 0 aliphatic carbocycles. The first-order valence-corrected chi connectivity index (χ1v) is 8.91. The zero-order valence-electron chi connectivity index (χ0n) is 14.3. The lowest BCUT2D eigenvalue weighted by atomic mass is 10.1. The maximum absolute atomic E-state index is 12.5. The van der Waals surface area contributed by atoms with Gasteiger partial charge in [0.25, 0.3) is 5.91 Å². The fourth-order valence-electron chi connectivity index (χ4n) is 2.59. The normalized spacial score (nSPS) is 11.4. The number of carbonyl (C=O) groups is 1. The van der Waals surface area contributed by atoms with Gasteiger partial charge in [0.1, 0.15) is 10.7 Å². The molecule has 0 aromatic carbocycles. The Morgan fingerprint density at radius 1 is 1.33 bits per heavy atom. The molecule has 0 bridgehead atoms. The zero-order valence-corrected chi connectivity index (χ0v) is 15.1. The third-order valence-corrected chi connectivity index (χ3v) is 4.68. The summed E-state index contributed by atoms with van der Waals surface area (Å²) in [4.78, 5) is 17.0. The number of fused-ring (bicyclic) bond motifs is 1. The van der Waals surface area contributed by atoms with Gasteiger partial charge in [-0.05, 0) is 31.4 Å². The predicted octanol–water partition coefficient (Wildman–Crippen LogP) is 3.51. The van der Waals surface area contributed by atoms with Crippen molar-refractivity contribution in [1.29, 1.82) is 0 Å². The van der Waals surface area contributed by atoms with E-state index in [0.29, 0.717) is 16.6 Å². The summed E-state index contributed by atoms with van der Waals surface area (Å²) in [5.41, 5.74) is 3.55. The Morgan fingerprint density at radius 2 is 2.12 bits per heavy atom. The average molecular weight is 343 g/mol. The Bertz CT molecular complexity index is 880. The van der Waals surface area contributed by atoms with Crippen molar-refractivity contribution in [3.8, 4) is 0 Å². The average Bonchev–Trinajstić information content (AvgIpc) is 3.10. The lowest BCUT2D eigenvalue weighted by Gasteiger charge is -2.03. The molecule has 0 atom stereocenters.